The molecule has 19 heavy (non-hydrogen) atoms. The van der Waals surface area contributed by atoms with Crippen LogP contribution in [-0.2, 0) is 6.42 Å². The van der Waals surface area contributed by atoms with Crippen LogP contribution in [0.2, 0.25) is 0 Å². The molecule has 0 amide bonds. The van der Waals surface area contributed by atoms with E-state index in [2.05, 4.69) is 22.9 Å². The maximum Gasteiger partial charge on any atom is 0.283 e. The Hall–Kier alpha value is -0.940. The molecule has 2 unspecified atom stereocenters. The second kappa shape index (κ2) is 5.59. The molecule has 0 heterocycles. The van der Waals surface area contributed by atoms with Crippen molar-refractivity contribution in [3.8, 4) is 0 Å². The summed E-state index contributed by atoms with van der Waals surface area (Å²) in [6.45, 7) is 2.23. The summed E-state index contributed by atoms with van der Waals surface area (Å²) in [6, 6.07) is 5.17. The summed E-state index contributed by atoms with van der Waals surface area (Å²) in [5.41, 5.74) is 7.31. The van der Waals surface area contributed by atoms with Crippen molar-refractivity contribution in [2.24, 2.45) is 11.7 Å². The van der Waals surface area contributed by atoms with Crippen molar-refractivity contribution in [2.75, 3.05) is 0 Å². The van der Waals surface area contributed by atoms with Crippen molar-refractivity contribution < 1.29 is 4.92 Å². The molecule has 1 aliphatic carbocycles. The fourth-order valence-electron chi connectivity index (χ4n) is 3.08. The SMILES string of the molecule is CC1CCCC(N)(Cc2cccc([N+](=O)[O-])c2Br)C1. The van der Waals surface area contributed by atoms with Crippen molar-refractivity contribution in [1.82, 2.24) is 0 Å². The van der Waals surface area contributed by atoms with Gasteiger partial charge in [-0.1, -0.05) is 31.9 Å². The second-order valence-electron chi connectivity index (χ2n) is 5.75. The van der Waals surface area contributed by atoms with Crippen LogP contribution in [0, 0.1) is 16.0 Å². The van der Waals surface area contributed by atoms with Gasteiger partial charge in [0, 0.05) is 11.6 Å². The molecule has 1 fully saturated rings. The highest BCUT2D eigenvalue weighted by atomic mass is 79.9. The molecule has 2 N–H and O–H groups in total. The Bertz CT molecular complexity index is 492. The van der Waals surface area contributed by atoms with Crippen LogP contribution >= 0.6 is 15.9 Å². The summed E-state index contributed by atoms with van der Waals surface area (Å²) >= 11 is 3.35. The van der Waals surface area contributed by atoms with E-state index in [0.29, 0.717) is 16.8 Å². The van der Waals surface area contributed by atoms with E-state index < -0.39 is 0 Å². The lowest BCUT2D eigenvalue weighted by Crippen LogP contribution is -2.45. The minimum absolute atomic E-state index is 0.116. The number of nitro groups is 1. The number of hydrogen-bond donors (Lipinski definition) is 1. The third kappa shape index (κ3) is 3.34. The number of nitro benzene ring substituents is 1. The van der Waals surface area contributed by atoms with Gasteiger partial charge in [-0.2, -0.15) is 0 Å². The first-order valence-electron chi connectivity index (χ1n) is 6.62. The van der Waals surface area contributed by atoms with Crippen LogP contribution in [-0.4, -0.2) is 10.5 Å². The van der Waals surface area contributed by atoms with E-state index in [1.54, 1.807) is 6.07 Å². The van der Waals surface area contributed by atoms with Crippen molar-refractivity contribution in [3.05, 3.63) is 38.3 Å². The molecular weight excluding hydrogens is 308 g/mol. The van der Waals surface area contributed by atoms with Gasteiger partial charge >= 0.3 is 0 Å². The van der Waals surface area contributed by atoms with E-state index in [1.165, 1.54) is 12.5 Å². The molecule has 2 atom stereocenters. The monoisotopic (exact) mass is 326 g/mol. The molecule has 0 saturated heterocycles. The van der Waals surface area contributed by atoms with Gasteiger partial charge in [-0.3, -0.25) is 10.1 Å². The highest BCUT2D eigenvalue weighted by Crippen LogP contribution is 2.36. The molecule has 104 valence electrons. The molecule has 0 bridgehead atoms. The van der Waals surface area contributed by atoms with Gasteiger partial charge in [0.1, 0.15) is 0 Å². The van der Waals surface area contributed by atoms with Gasteiger partial charge < -0.3 is 5.73 Å². The third-order valence-corrected chi connectivity index (χ3v) is 4.84. The number of nitrogens with zero attached hydrogens (tertiary/aromatic N) is 1. The highest BCUT2D eigenvalue weighted by Gasteiger charge is 2.32. The Kier molecular flexibility index (Phi) is 4.26. The lowest BCUT2D eigenvalue weighted by atomic mass is 9.74. The molecule has 0 radical (unpaired) electrons. The van der Waals surface area contributed by atoms with Crippen molar-refractivity contribution in [1.29, 1.82) is 0 Å². The first-order valence-corrected chi connectivity index (χ1v) is 7.41. The standard InChI is InChI=1S/C14H19BrN2O2/c1-10-4-3-7-14(16,8-10)9-11-5-2-6-12(13(11)15)17(18)19/h2,5-6,10H,3-4,7-9,16H2,1H3. The number of halogens is 1. The van der Waals surface area contributed by atoms with Crippen LogP contribution in [0.25, 0.3) is 0 Å². The van der Waals surface area contributed by atoms with E-state index >= 15 is 0 Å². The first kappa shape index (κ1) is 14.5. The predicted molar refractivity (Wildman–Crippen MR) is 79.1 cm³/mol. The molecule has 0 aliphatic heterocycles. The van der Waals surface area contributed by atoms with E-state index in [9.17, 15) is 10.1 Å². The number of benzene rings is 1. The number of nitrogens with two attached hydrogens (primary N) is 1. The zero-order valence-corrected chi connectivity index (χ0v) is 12.6. The molecular formula is C14H19BrN2O2. The fraction of sp³-hybridized carbons (Fsp3) is 0.571. The lowest BCUT2D eigenvalue weighted by molar-refractivity contribution is -0.385. The largest absolute Gasteiger partial charge is 0.325 e. The van der Waals surface area contributed by atoms with Gasteiger partial charge in [0.05, 0.1) is 9.40 Å². The predicted octanol–water partition coefficient (Wildman–Crippen LogP) is 3.81. The van der Waals surface area contributed by atoms with Gasteiger partial charge in [-0.05, 0) is 46.7 Å². The van der Waals surface area contributed by atoms with Gasteiger partial charge in [-0.15, -0.1) is 0 Å². The fourth-order valence-corrected chi connectivity index (χ4v) is 3.63. The summed E-state index contributed by atoms with van der Waals surface area (Å²) in [7, 11) is 0. The van der Waals surface area contributed by atoms with Crippen LogP contribution in [0.5, 0.6) is 0 Å². The lowest BCUT2D eigenvalue weighted by Gasteiger charge is -2.37. The van der Waals surface area contributed by atoms with E-state index in [1.807, 2.05) is 6.07 Å². The molecule has 4 nitrogen and oxygen atoms in total. The minimum Gasteiger partial charge on any atom is -0.325 e. The molecule has 2 rings (SSSR count). The highest BCUT2D eigenvalue weighted by molar-refractivity contribution is 9.10. The quantitative estimate of drug-likeness (QED) is 0.678. The molecule has 1 aliphatic rings. The van der Waals surface area contributed by atoms with Crippen molar-refractivity contribution in [2.45, 2.75) is 44.6 Å². The van der Waals surface area contributed by atoms with Crippen molar-refractivity contribution in [3.63, 3.8) is 0 Å². The van der Waals surface area contributed by atoms with Crippen LogP contribution in [0.3, 0.4) is 0 Å². The maximum absolute atomic E-state index is 10.9. The average molecular weight is 327 g/mol. The van der Waals surface area contributed by atoms with E-state index in [-0.39, 0.29) is 16.1 Å². The third-order valence-electron chi connectivity index (χ3n) is 3.92. The Morgan fingerprint density at radius 1 is 1.58 bits per heavy atom. The average Bonchev–Trinajstić information content (AvgIpc) is 2.30. The second-order valence-corrected chi connectivity index (χ2v) is 6.54. The summed E-state index contributed by atoms with van der Waals surface area (Å²) < 4.78 is 0.572. The van der Waals surface area contributed by atoms with Gasteiger partial charge in [0.2, 0.25) is 0 Å². The molecule has 1 saturated carbocycles. The Balaban J connectivity index is 2.23. The molecule has 0 aromatic heterocycles. The summed E-state index contributed by atoms with van der Waals surface area (Å²) in [5, 5.41) is 10.9. The smallest absolute Gasteiger partial charge is 0.283 e. The number of rotatable bonds is 3. The van der Waals surface area contributed by atoms with Gasteiger partial charge in [0.15, 0.2) is 0 Å². The topological polar surface area (TPSA) is 69.2 Å². The van der Waals surface area contributed by atoms with E-state index in [0.717, 1.165) is 24.8 Å². The summed E-state index contributed by atoms with van der Waals surface area (Å²) in [6.07, 6.45) is 5.05. The molecule has 1 aromatic rings. The maximum atomic E-state index is 10.9. The Morgan fingerprint density at radius 3 is 2.95 bits per heavy atom. The van der Waals surface area contributed by atoms with Crippen LogP contribution in [0.1, 0.15) is 38.2 Å². The molecule has 5 heteroatoms. The minimum atomic E-state index is -0.361. The Morgan fingerprint density at radius 2 is 2.32 bits per heavy atom. The zero-order valence-electron chi connectivity index (χ0n) is 11.1. The van der Waals surface area contributed by atoms with Crippen LogP contribution < -0.4 is 5.73 Å². The molecule has 0 spiro atoms. The summed E-state index contributed by atoms with van der Waals surface area (Å²) in [4.78, 5) is 10.6. The Labute approximate surface area is 121 Å². The summed E-state index contributed by atoms with van der Waals surface area (Å²) in [5.74, 6) is 0.635. The number of hydrogen-bond acceptors (Lipinski definition) is 3. The van der Waals surface area contributed by atoms with Crippen molar-refractivity contribution >= 4 is 21.6 Å². The van der Waals surface area contributed by atoms with E-state index in [4.69, 9.17) is 5.73 Å². The van der Waals surface area contributed by atoms with Gasteiger partial charge in [-0.25, -0.2) is 0 Å². The first-order chi connectivity index (χ1) is 8.91. The normalized spacial score (nSPS) is 27.2. The van der Waals surface area contributed by atoms with Gasteiger partial charge in [0.25, 0.3) is 5.69 Å². The van der Waals surface area contributed by atoms with Crippen LogP contribution in [0.15, 0.2) is 22.7 Å². The van der Waals surface area contributed by atoms with Crippen LogP contribution in [0.4, 0.5) is 5.69 Å². The molecule has 1 aromatic carbocycles. The zero-order chi connectivity index (χ0) is 14.0.